The Morgan fingerprint density at radius 3 is 2.55 bits per heavy atom. The highest BCUT2D eigenvalue weighted by molar-refractivity contribution is 6.29. The molecule has 0 fully saturated rings. The highest BCUT2D eigenvalue weighted by atomic mass is 35.5. The molecule has 0 amide bonds. The van der Waals surface area contributed by atoms with Crippen LogP contribution in [0.1, 0.15) is 0 Å². The van der Waals surface area contributed by atoms with Crippen LogP contribution in [0.2, 0.25) is 5.28 Å². The van der Waals surface area contributed by atoms with Gasteiger partial charge in [-0.15, -0.1) is 5.10 Å². The molecule has 2 aromatic carbocycles. The van der Waals surface area contributed by atoms with Crippen LogP contribution in [-0.4, -0.2) is 26.7 Å². The first-order chi connectivity index (χ1) is 10.8. The van der Waals surface area contributed by atoms with Crippen LogP contribution in [0.25, 0.3) is 27.9 Å². The smallest absolute Gasteiger partial charge is 0.226 e. The number of hydrogen-bond donors (Lipinski definition) is 0. The molecule has 0 radical (unpaired) electrons. The van der Waals surface area contributed by atoms with E-state index >= 15 is 0 Å². The summed E-state index contributed by atoms with van der Waals surface area (Å²) in [6.07, 6.45) is 0. The third kappa shape index (κ3) is 1.98. The first-order valence-electron chi connectivity index (χ1n) is 6.72. The third-order valence-corrected chi connectivity index (χ3v) is 3.73. The number of hydrogen-bond acceptors (Lipinski definition) is 4. The Morgan fingerprint density at radius 2 is 1.77 bits per heavy atom. The maximum absolute atomic E-state index is 6.21. The molecule has 0 bridgehead atoms. The van der Waals surface area contributed by atoms with Gasteiger partial charge in [0.25, 0.3) is 0 Å². The second-order valence-corrected chi connectivity index (χ2v) is 5.14. The van der Waals surface area contributed by atoms with Gasteiger partial charge in [-0.25, -0.2) is 9.97 Å². The van der Waals surface area contributed by atoms with Crippen molar-refractivity contribution in [3.63, 3.8) is 0 Å². The van der Waals surface area contributed by atoms with E-state index in [0.29, 0.717) is 16.8 Å². The molecule has 0 spiro atoms. The molecular formula is C16H11ClN4O. The average Bonchev–Trinajstić information content (AvgIpc) is 3.01. The van der Waals surface area contributed by atoms with Gasteiger partial charge < -0.3 is 4.74 Å². The van der Waals surface area contributed by atoms with E-state index in [2.05, 4.69) is 15.1 Å². The number of para-hydroxylation sites is 1. The Morgan fingerprint density at radius 1 is 1.00 bits per heavy atom. The molecule has 2 aromatic heterocycles. The van der Waals surface area contributed by atoms with Crippen molar-refractivity contribution in [2.24, 2.45) is 0 Å². The van der Waals surface area contributed by atoms with E-state index < -0.39 is 0 Å². The summed E-state index contributed by atoms with van der Waals surface area (Å²) in [4.78, 5) is 8.96. The maximum Gasteiger partial charge on any atom is 0.226 e. The lowest BCUT2D eigenvalue weighted by atomic mass is 10.2. The minimum atomic E-state index is 0.293. The topological polar surface area (TPSA) is 52.3 Å². The van der Waals surface area contributed by atoms with Crippen molar-refractivity contribution in [2.75, 3.05) is 7.11 Å². The molecule has 4 aromatic rings. The van der Waals surface area contributed by atoms with Gasteiger partial charge in [0, 0.05) is 10.9 Å². The largest absolute Gasteiger partial charge is 0.497 e. The third-order valence-electron chi connectivity index (χ3n) is 3.49. The summed E-state index contributed by atoms with van der Waals surface area (Å²) in [5, 5.41) is 5.67. The zero-order chi connectivity index (χ0) is 15.1. The fraction of sp³-hybridized carbons (Fsp3) is 0.0625. The van der Waals surface area contributed by atoms with Gasteiger partial charge in [0.2, 0.25) is 5.28 Å². The number of halogens is 1. The standard InChI is InChI=1S/C16H11ClN4O/c1-22-11-8-6-10(7-9-11)14-19-15-12-4-2-3-5-13(12)18-16(17)21(15)20-14/h2-9H,1H3. The van der Waals surface area contributed by atoms with Gasteiger partial charge in [-0.1, -0.05) is 12.1 Å². The maximum atomic E-state index is 6.21. The average molecular weight is 311 g/mol. The van der Waals surface area contributed by atoms with Crippen molar-refractivity contribution in [2.45, 2.75) is 0 Å². The van der Waals surface area contributed by atoms with E-state index in [9.17, 15) is 0 Å². The van der Waals surface area contributed by atoms with Gasteiger partial charge in [-0.3, -0.25) is 0 Å². The summed E-state index contributed by atoms with van der Waals surface area (Å²) in [7, 11) is 1.63. The van der Waals surface area contributed by atoms with Gasteiger partial charge in [-0.05, 0) is 48.0 Å². The van der Waals surface area contributed by atoms with Crippen molar-refractivity contribution in [1.82, 2.24) is 19.6 Å². The zero-order valence-corrected chi connectivity index (χ0v) is 12.4. The monoisotopic (exact) mass is 310 g/mol. The lowest BCUT2D eigenvalue weighted by Crippen LogP contribution is -1.94. The fourth-order valence-electron chi connectivity index (χ4n) is 2.38. The molecule has 0 aliphatic rings. The fourth-order valence-corrected chi connectivity index (χ4v) is 2.59. The number of rotatable bonds is 2. The summed E-state index contributed by atoms with van der Waals surface area (Å²) in [6.45, 7) is 0. The number of aromatic nitrogens is 4. The van der Waals surface area contributed by atoms with Crippen molar-refractivity contribution in [1.29, 1.82) is 0 Å². The first kappa shape index (κ1) is 13.0. The number of fused-ring (bicyclic) bond motifs is 3. The van der Waals surface area contributed by atoms with Crippen LogP contribution < -0.4 is 4.74 Å². The van der Waals surface area contributed by atoms with Crippen LogP contribution in [0.3, 0.4) is 0 Å². The number of nitrogens with zero attached hydrogens (tertiary/aromatic N) is 4. The molecule has 5 nitrogen and oxygen atoms in total. The molecule has 4 rings (SSSR count). The van der Waals surface area contributed by atoms with Crippen LogP contribution >= 0.6 is 11.6 Å². The summed E-state index contributed by atoms with van der Waals surface area (Å²) >= 11 is 6.21. The lowest BCUT2D eigenvalue weighted by Gasteiger charge is -1.99. The van der Waals surface area contributed by atoms with E-state index in [4.69, 9.17) is 16.3 Å². The molecule has 108 valence electrons. The highest BCUT2D eigenvalue weighted by Crippen LogP contribution is 2.25. The minimum Gasteiger partial charge on any atom is -0.497 e. The molecule has 0 aliphatic carbocycles. The van der Waals surface area contributed by atoms with Gasteiger partial charge in [0.15, 0.2) is 11.5 Å². The summed E-state index contributed by atoms with van der Waals surface area (Å²) < 4.78 is 6.72. The Hall–Kier alpha value is -2.66. The molecule has 0 saturated carbocycles. The second-order valence-electron chi connectivity index (χ2n) is 4.80. The normalized spacial score (nSPS) is 11.2. The molecule has 2 heterocycles. The van der Waals surface area contributed by atoms with Crippen LogP contribution in [-0.2, 0) is 0 Å². The van der Waals surface area contributed by atoms with E-state index in [1.54, 1.807) is 11.6 Å². The number of methoxy groups -OCH3 is 1. The molecule has 6 heteroatoms. The van der Waals surface area contributed by atoms with E-state index in [1.807, 2.05) is 48.5 Å². The van der Waals surface area contributed by atoms with Crippen molar-refractivity contribution < 1.29 is 4.74 Å². The summed E-state index contributed by atoms with van der Waals surface area (Å²) in [5.41, 5.74) is 2.39. The molecule has 22 heavy (non-hydrogen) atoms. The van der Waals surface area contributed by atoms with E-state index in [0.717, 1.165) is 22.2 Å². The minimum absolute atomic E-state index is 0.293. The number of benzene rings is 2. The van der Waals surface area contributed by atoms with Gasteiger partial charge in [0.1, 0.15) is 5.75 Å². The van der Waals surface area contributed by atoms with E-state index in [1.165, 1.54) is 0 Å². The molecular weight excluding hydrogens is 300 g/mol. The van der Waals surface area contributed by atoms with Crippen LogP contribution in [0.15, 0.2) is 48.5 Å². The van der Waals surface area contributed by atoms with Gasteiger partial charge in [0.05, 0.1) is 12.6 Å². The van der Waals surface area contributed by atoms with Crippen molar-refractivity contribution in [3.05, 3.63) is 53.8 Å². The Labute approximate surface area is 131 Å². The van der Waals surface area contributed by atoms with Gasteiger partial charge in [-0.2, -0.15) is 4.52 Å². The Bertz CT molecular complexity index is 979. The molecule has 0 saturated heterocycles. The van der Waals surface area contributed by atoms with Gasteiger partial charge >= 0.3 is 0 Å². The van der Waals surface area contributed by atoms with E-state index in [-0.39, 0.29) is 0 Å². The quantitative estimate of drug-likeness (QED) is 0.531. The molecule has 0 unspecified atom stereocenters. The molecule has 0 aliphatic heterocycles. The van der Waals surface area contributed by atoms with Crippen LogP contribution in [0, 0.1) is 0 Å². The molecule has 0 atom stereocenters. The lowest BCUT2D eigenvalue weighted by molar-refractivity contribution is 0.415. The van der Waals surface area contributed by atoms with Crippen LogP contribution in [0.5, 0.6) is 5.75 Å². The Balaban J connectivity index is 1.96. The van der Waals surface area contributed by atoms with Crippen molar-refractivity contribution in [3.8, 4) is 17.1 Å². The first-order valence-corrected chi connectivity index (χ1v) is 7.09. The predicted octanol–water partition coefficient (Wildman–Crippen LogP) is 3.61. The zero-order valence-electron chi connectivity index (χ0n) is 11.7. The molecule has 0 N–H and O–H groups in total. The number of ether oxygens (including phenoxy) is 1. The second kappa shape index (κ2) is 4.96. The predicted molar refractivity (Wildman–Crippen MR) is 85.3 cm³/mol. The van der Waals surface area contributed by atoms with Crippen molar-refractivity contribution >= 4 is 28.2 Å². The van der Waals surface area contributed by atoms with Crippen LogP contribution in [0.4, 0.5) is 0 Å². The highest BCUT2D eigenvalue weighted by Gasteiger charge is 2.13. The SMILES string of the molecule is COc1ccc(-c2nc3c4ccccc4nc(Cl)n3n2)cc1. The summed E-state index contributed by atoms with van der Waals surface area (Å²) in [6, 6.07) is 15.3. The summed E-state index contributed by atoms with van der Waals surface area (Å²) in [5.74, 6) is 1.39. The Kier molecular flexibility index (Phi) is 2.94.